The second kappa shape index (κ2) is 10.4. The molecule has 0 spiro atoms. The molecule has 184 valence electrons. The number of ketones is 1. The number of benzene rings is 3. The number of ether oxygens (including phenoxy) is 1. The molecule has 36 heavy (non-hydrogen) atoms. The van der Waals surface area contributed by atoms with E-state index in [2.05, 4.69) is 10.3 Å². The van der Waals surface area contributed by atoms with Gasteiger partial charge in [-0.05, 0) is 42.5 Å². The molecule has 0 aliphatic heterocycles. The molecule has 3 aromatic carbocycles. The normalized spacial score (nSPS) is 10.8. The maximum absolute atomic E-state index is 15.1. The standard InChI is InChI=1S/C25H17F4N3O4/c26-15-2-1-3-16(10-15)31-25(35)32-20-11-18(27)22(28)21(23(20)29)24(34)13-4-5-19-14(8-13)9-17(12-30-19)36-7-6-33/h1-5,8-12,33H,6-7H2,(H2,31,32,35). The summed E-state index contributed by atoms with van der Waals surface area (Å²) < 4.78 is 62.6. The van der Waals surface area contributed by atoms with Gasteiger partial charge in [0.15, 0.2) is 23.2 Å². The SMILES string of the molecule is O=C(Nc1cccc(F)c1)Nc1cc(F)c(F)c(C(=O)c2ccc3ncc(OCCO)cc3c2)c1F. The maximum atomic E-state index is 15.1. The van der Waals surface area contributed by atoms with Crippen LogP contribution in [0.25, 0.3) is 10.9 Å². The lowest BCUT2D eigenvalue weighted by atomic mass is 9.99. The number of anilines is 2. The molecule has 0 atom stereocenters. The third-order valence-electron chi connectivity index (χ3n) is 4.99. The molecule has 4 aromatic rings. The van der Waals surface area contributed by atoms with Crippen molar-refractivity contribution in [1.29, 1.82) is 0 Å². The van der Waals surface area contributed by atoms with E-state index in [0.29, 0.717) is 22.7 Å². The van der Waals surface area contributed by atoms with Crippen molar-refractivity contribution in [3.05, 3.63) is 95.2 Å². The number of aliphatic hydroxyl groups excluding tert-OH is 1. The molecule has 3 N–H and O–H groups in total. The minimum Gasteiger partial charge on any atom is -0.490 e. The quantitative estimate of drug-likeness (QED) is 0.188. The lowest BCUT2D eigenvalue weighted by molar-refractivity contribution is 0.103. The summed E-state index contributed by atoms with van der Waals surface area (Å²) in [5.74, 6) is -6.32. The minimum absolute atomic E-state index is 0.00803. The van der Waals surface area contributed by atoms with E-state index in [1.165, 1.54) is 42.6 Å². The summed E-state index contributed by atoms with van der Waals surface area (Å²) in [4.78, 5) is 29.3. The Morgan fingerprint density at radius 3 is 2.50 bits per heavy atom. The Labute approximate surface area is 201 Å². The number of nitrogens with one attached hydrogen (secondary N) is 2. The number of rotatable bonds is 7. The monoisotopic (exact) mass is 499 g/mol. The summed E-state index contributed by atoms with van der Waals surface area (Å²) in [7, 11) is 0. The van der Waals surface area contributed by atoms with Crippen molar-refractivity contribution in [2.75, 3.05) is 23.8 Å². The van der Waals surface area contributed by atoms with Crippen LogP contribution >= 0.6 is 0 Å². The van der Waals surface area contributed by atoms with Gasteiger partial charge in [-0.15, -0.1) is 0 Å². The zero-order valence-electron chi connectivity index (χ0n) is 18.3. The second-order valence-corrected chi connectivity index (χ2v) is 7.48. The molecule has 4 rings (SSSR count). The van der Waals surface area contributed by atoms with Crippen LogP contribution in [-0.2, 0) is 0 Å². The van der Waals surface area contributed by atoms with Crippen molar-refractivity contribution in [3.8, 4) is 5.75 Å². The fourth-order valence-corrected chi connectivity index (χ4v) is 3.38. The van der Waals surface area contributed by atoms with Crippen LogP contribution in [0.4, 0.5) is 33.7 Å². The van der Waals surface area contributed by atoms with E-state index in [-0.39, 0.29) is 24.5 Å². The molecular formula is C25H17F4N3O4. The highest BCUT2D eigenvalue weighted by Crippen LogP contribution is 2.28. The highest BCUT2D eigenvalue weighted by molar-refractivity contribution is 6.12. The lowest BCUT2D eigenvalue weighted by Crippen LogP contribution is -2.22. The first-order valence-corrected chi connectivity index (χ1v) is 10.5. The number of amides is 2. The van der Waals surface area contributed by atoms with E-state index in [1.807, 2.05) is 5.32 Å². The Morgan fingerprint density at radius 1 is 0.944 bits per heavy atom. The number of aliphatic hydroxyl groups is 1. The zero-order chi connectivity index (χ0) is 25.8. The van der Waals surface area contributed by atoms with Crippen LogP contribution in [0.3, 0.4) is 0 Å². The molecule has 7 nitrogen and oxygen atoms in total. The van der Waals surface area contributed by atoms with Crippen LogP contribution in [0.2, 0.25) is 0 Å². The van der Waals surface area contributed by atoms with E-state index in [9.17, 15) is 22.8 Å². The van der Waals surface area contributed by atoms with Gasteiger partial charge in [-0.2, -0.15) is 0 Å². The summed E-state index contributed by atoms with van der Waals surface area (Å²) in [5, 5.41) is 13.5. The fraction of sp³-hybridized carbons (Fsp3) is 0.0800. The van der Waals surface area contributed by atoms with Gasteiger partial charge >= 0.3 is 6.03 Å². The Bertz CT molecular complexity index is 1480. The van der Waals surface area contributed by atoms with Gasteiger partial charge in [0.05, 0.1) is 29.6 Å². The Balaban J connectivity index is 1.65. The van der Waals surface area contributed by atoms with E-state index in [1.54, 1.807) is 0 Å². The average Bonchev–Trinajstić information content (AvgIpc) is 2.85. The van der Waals surface area contributed by atoms with E-state index >= 15 is 4.39 Å². The number of nitrogens with zero attached hydrogens (tertiary/aromatic N) is 1. The first-order chi connectivity index (χ1) is 17.3. The van der Waals surface area contributed by atoms with Crippen LogP contribution in [0.5, 0.6) is 5.75 Å². The summed E-state index contributed by atoms with van der Waals surface area (Å²) in [6.07, 6.45) is 1.40. The topological polar surface area (TPSA) is 101 Å². The first kappa shape index (κ1) is 24.6. The van der Waals surface area contributed by atoms with Crippen molar-refractivity contribution < 1.29 is 37.0 Å². The smallest absolute Gasteiger partial charge is 0.323 e. The van der Waals surface area contributed by atoms with Crippen molar-refractivity contribution in [2.45, 2.75) is 0 Å². The van der Waals surface area contributed by atoms with Crippen molar-refractivity contribution in [3.63, 3.8) is 0 Å². The van der Waals surface area contributed by atoms with Gasteiger partial charge < -0.3 is 20.5 Å². The summed E-state index contributed by atoms with van der Waals surface area (Å²) in [6.45, 7) is -0.223. The van der Waals surface area contributed by atoms with Crippen LogP contribution in [0.15, 0.2) is 60.8 Å². The van der Waals surface area contributed by atoms with E-state index < -0.39 is 46.3 Å². The van der Waals surface area contributed by atoms with Gasteiger partial charge in [0, 0.05) is 22.7 Å². The summed E-state index contributed by atoms with van der Waals surface area (Å²) in [6, 6.07) is 9.62. The number of hydrogen-bond donors (Lipinski definition) is 3. The molecule has 1 aromatic heterocycles. The molecule has 1 heterocycles. The van der Waals surface area contributed by atoms with Gasteiger partial charge in [0.25, 0.3) is 0 Å². The molecule has 0 saturated carbocycles. The molecule has 0 bridgehead atoms. The molecule has 11 heteroatoms. The number of fused-ring (bicyclic) bond motifs is 1. The maximum Gasteiger partial charge on any atom is 0.323 e. The third kappa shape index (κ3) is 5.26. The Kier molecular flexibility index (Phi) is 7.11. The van der Waals surface area contributed by atoms with Gasteiger partial charge in [-0.25, -0.2) is 22.4 Å². The predicted octanol–water partition coefficient (Wildman–Crippen LogP) is 5.04. The molecule has 0 unspecified atom stereocenters. The summed E-state index contributed by atoms with van der Waals surface area (Å²) in [5.41, 5.74) is -1.72. The van der Waals surface area contributed by atoms with Crippen LogP contribution in [0, 0.1) is 23.3 Å². The third-order valence-corrected chi connectivity index (χ3v) is 4.99. The fourth-order valence-electron chi connectivity index (χ4n) is 3.38. The molecule has 0 aliphatic rings. The van der Waals surface area contributed by atoms with Crippen molar-refractivity contribution >= 4 is 34.1 Å². The molecule has 0 aliphatic carbocycles. The second-order valence-electron chi connectivity index (χ2n) is 7.48. The number of carbonyl (C=O) groups excluding carboxylic acids is 2. The summed E-state index contributed by atoms with van der Waals surface area (Å²) >= 11 is 0. The average molecular weight is 499 g/mol. The first-order valence-electron chi connectivity index (χ1n) is 10.5. The van der Waals surface area contributed by atoms with Crippen LogP contribution < -0.4 is 15.4 Å². The van der Waals surface area contributed by atoms with Crippen LogP contribution in [0.1, 0.15) is 15.9 Å². The number of halogens is 4. The van der Waals surface area contributed by atoms with Gasteiger partial charge in [-0.1, -0.05) is 6.07 Å². The lowest BCUT2D eigenvalue weighted by Gasteiger charge is -2.13. The Hall–Kier alpha value is -4.51. The highest BCUT2D eigenvalue weighted by Gasteiger charge is 2.26. The molecule has 2 amide bonds. The Morgan fingerprint density at radius 2 is 1.75 bits per heavy atom. The van der Waals surface area contributed by atoms with Crippen LogP contribution in [-0.4, -0.2) is 35.1 Å². The minimum atomic E-state index is -1.73. The molecule has 0 fully saturated rings. The molecular weight excluding hydrogens is 482 g/mol. The van der Waals surface area contributed by atoms with Crippen molar-refractivity contribution in [1.82, 2.24) is 4.98 Å². The van der Waals surface area contributed by atoms with E-state index in [4.69, 9.17) is 9.84 Å². The largest absolute Gasteiger partial charge is 0.490 e. The highest BCUT2D eigenvalue weighted by atomic mass is 19.2. The van der Waals surface area contributed by atoms with Gasteiger partial charge in [-0.3, -0.25) is 9.78 Å². The predicted molar refractivity (Wildman–Crippen MR) is 123 cm³/mol. The zero-order valence-corrected chi connectivity index (χ0v) is 18.3. The van der Waals surface area contributed by atoms with Gasteiger partial charge in [0.1, 0.15) is 18.2 Å². The number of hydrogen-bond acceptors (Lipinski definition) is 5. The van der Waals surface area contributed by atoms with Gasteiger partial charge in [0.2, 0.25) is 0 Å². The molecule has 0 saturated heterocycles. The number of urea groups is 1. The number of carbonyl (C=O) groups is 2. The number of pyridine rings is 1. The molecule has 0 radical (unpaired) electrons. The number of aromatic nitrogens is 1. The van der Waals surface area contributed by atoms with E-state index in [0.717, 1.165) is 12.1 Å². The van der Waals surface area contributed by atoms with Crippen molar-refractivity contribution in [2.24, 2.45) is 0 Å².